The van der Waals surface area contributed by atoms with Crippen LogP contribution in [0.1, 0.15) is 33.1 Å². The molecule has 5 heteroatoms. The van der Waals surface area contributed by atoms with Gasteiger partial charge < -0.3 is 16.3 Å². The highest BCUT2D eigenvalue weighted by Crippen LogP contribution is 2.02. The second-order valence-electron chi connectivity index (χ2n) is 3.13. The van der Waals surface area contributed by atoms with Crippen LogP contribution < -0.4 is 11.1 Å². The number of oxime groups is 1. The van der Waals surface area contributed by atoms with Gasteiger partial charge in [0.2, 0.25) is 5.91 Å². The number of hydrogen-bond acceptors (Lipinski definition) is 3. The van der Waals surface area contributed by atoms with Gasteiger partial charge in [0.1, 0.15) is 0 Å². The molecule has 0 saturated carbocycles. The topological polar surface area (TPSA) is 87.7 Å². The van der Waals surface area contributed by atoms with Gasteiger partial charge in [-0.25, -0.2) is 0 Å². The summed E-state index contributed by atoms with van der Waals surface area (Å²) in [6, 6.07) is 0. The van der Waals surface area contributed by atoms with Crippen LogP contribution in [0.5, 0.6) is 0 Å². The molecule has 0 fully saturated rings. The van der Waals surface area contributed by atoms with Gasteiger partial charge in [0.15, 0.2) is 5.84 Å². The van der Waals surface area contributed by atoms with E-state index in [4.69, 9.17) is 10.9 Å². The van der Waals surface area contributed by atoms with E-state index in [-0.39, 0.29) is 11.7 Å². The summed E-state index contributed by atoms with van der Waals surface area (Å²) in [6.45, 7) is 4.51. The largest absolute Gasteiger partial charge is 0.409 e. The lowest BCUT2D eigenvalue weighted by atomic mass is 10.0. The van der Waals surface area contributed by atoms with Gasteiger partial charge >= 0.3 is 0 Å². The van der Waals surface area contributed by atoms with Gasteiger partial charge in [-0.1, -0.05) is 25.4 Å². The highest BCUT2D eigenvalue weighted by Gasteiger charge is 2.20. The van der Waals surface area contributed by atoms with Crippen LogP contribution in [0.2, 0.25) is 0 Å². The van der Waals surface area contributed by atoms with Gasteiger partial charge in [-0.2, -0.15) is 0 Å². The second kappa shape index (κ2) is 7.17. The van der Waals surface area contributed by atoms with E-state index < -0.39 is 5.92 Å². The normalized spacial score (nSPS) is 13.7. The molecule has 1 atom stereocenters. The summed E-state index contributed by atoms with van der Waals surface area (Å²) in [7, 11) is 0. The van der Waals surface area contributed by atoms with E-state index in [2.05, 4.69) is 10.5 Å². The Kier molecular flexibility index (Phi) is 6.53. The molecule has 0 spiro atoms. The molecule has 4 N–H and O–H groups in total. The molecule has 0 bridgehead atoms. The fourth-order valence-corrected chi connectivity index (χ4v) is 1.11. The summed E-state index contributed by atoms with van der Waals surface area (Å²) in [4.78, 5) is 11.5. The number of nitrogens with zero attached hydrogens (tertiary/aromatic N) is 1. The van der Waals surface area contributed by atoms with Crippen LogP contribution in [0, 0.1) is 5.92 Å². The fraction of sp³-hybridized carbons (Fsp3) is 0.778. The maximum Gasteiger partial charge on any atom is 0.230 e. The first-order valence-electron chi connectivity index (χ1n) is 4.92. The molecule has 14 heavy (non-hydrogen) atoms. The van der Waals surface area contributed by atoms with E-state index in [0.717, 1.165) is 12.8 Å². The van der Waals surface area contributed by atoms with E-state index >= 15 is 0 Å². The lowest BCUT2D eigenvalue weighted by Crippen LogP contribution is -2.38. The van der Waals surface area contributed by atoms with Crippen molar-refractivity contribution in [3.05, 3.63) is 0 Å². The number of unbranched alkanes of at least 4 members (excludes halogenated alkanes) is 1. The van der Waals surface area contributed by atoms with Crippen LogP contribution in [0.4, 0.5) is 0 Å². The highest BCUT2D eigenvalue weighted by molar-refractivity contribution is 6.01. The van der Waals surface area contributed by atoms with Crippen LogP contribution in [0.3, 0.4) is 0 Å². The number of nitrogens with one attached hydrogen (secondary N) is 1. The summed E-state index contributed by atoms with van der Waals surface area (Å²) in [5, 5.41) is 14.0. The van der Waals surface area contributed by atoms with Crippen LogP contribution in [-0.2, 0) is 4.79 Å². The Labute approximate surface area is 84.4 Å². The van der Waals surface area contributed by atoms with Crippen LogP contribution >= 0.6 is 0 Å². The van der Waals surface area contributed by atoms with E-state index in [1.54, 1.807) is 0 Å². The third-order valence-electron chi connectivity index (χ3n) is 2.03. The molecular formula is C9H19N3O2. The van der Waals surface area contributed by atoms with E-state index in [9.17, 15) is 4.79 Å². The number of carbonyl (C=O) groups is 1. The Morgan fingerprint density at radius 2 is 2.21 bits per heavy atom. The Morgan fingerprint density at radius 1 is 1.57 bits per heavy atom. The maximum atomic E-state index is 11.5. The lowest BCUT2D eigenvalue weighted by molar-refractivity contribution is -0.123. The molecule has 0 saturated heterocycles. The molecular weight excluding hydrogens is 182 g/mol. The molecule has 5 nitrogen and oxygen atoms in total. The van der Waals surface area contributed by atoms with E-state index in [1.807, 2.05) is 13.8 Å². The molecule has 0 heterocycles. The molecule has 0 radical (unpaired) electrons. The number of nitrogens with two attached hydrogens (primary N) is 1. The predicted octanol–water partition coefficient (Wildman–Crippen LogP) is 0.675. The molecule has 0 aromatic rings. The zero-order valence-corrected chi connectivity index (χ0v) is 8.79. The third-order valence-corrected chi connectivity index (χ3v) is 2.03. The Balaban J connectivity index is 4.05. The summed E-state index contributed by atoms with van der Waals surface area (Å²) in [5.74, 6) is -0.713. The van der Waals surface area contributed by atoms with Crippen molar-refractivity contribution in [1.29, 1.82) is 0 Å². The standard InChI is InChI=1S/C9H19N3O2/c1-3-5-6-11-9(13)7(4-2)8(10)12-14/h7,14H,3-6H2,1-2H3,(H2,10,12)(H,11,13). The summed E-state index contributed by atoms with van der Waals surface area (Å²) < 4.78 is 0. The minimum atomic E-state index is -0.517. The van der Waals surface area contributed by atoms with Crippen molar-refractivity contribution in [2.24, 2.45) is 16.8 Å². The van der Waals surface area contributed by atoms with Gasteiger partial charge in [-0.3, -0.25) is 4.79 Å². The smallest absolute Gasteiger partial charge is 0.230 e. The molecule has 0 aliphatic carbocycles. The molecule has 0 rings (SSSR count). The number of hydrogen-bond donors (Lipinski definition) is 3. The Morgan fingerprint density at radius 3 is 2.64 bits per heavy atom. The van der Waals surface area contributed by atoms with Gasteiger partial charge in [0.25, 0.3) is 0 Å². The average Bonchev–Trinajstić information content (AvgIpc) is 2.19. The molecule has 82 valence electrons. The molecule has 0 aromatic heterocycles. The lowest BCUT2D eigenvalue weighted by Gasteiger charge is -2.12. The third kappa shape index (κ3) is 4.11. The summed E-state index contributed by atoms with van der Waals surface area (Å²) in [5.41, 5.74) is 5.37. The molecule has 1 unspecified atom stereocenters. The van der Waals surface area contributed by atoms with Gasteiger partial charge in [-0.05, 0) is 12.8 Å². The van der Waals surface area contributed by atoms with Crippen LogP contribution in [0.25, 0.3) is 0 Å². The fourth-order valence-electron chi connectivity index (χ4n) is 1.11. The SMILES string of the molecule is CCCCNC(=O)C(CC)C(N)=NO. The summed E-state index contributed by atoms with van der Waals surface area (Å²) >= 11 is 0. The quantitative estimate of drug-likeness (QED) is 0.194. The summed E-state index contributed by atoms with van der Waals surface area (Å²) in [6.07, 6.45) is 2.51. The van der Waals surface area contributed by atoms with E-state index in [0.29, 0.717) is 13.0 Å². The van der Waals surface area contributed by atoms with Gasteiger partial charge in [0.05, 0.1) is 5.92 Å². The van der Waals surface area contributed by atoms with Crippen molar-refractivity contribution in [1.82, 2.24) is 5.32 Å². The number of rotatable bonds is 6. The Bertz CT molecular complexity index is 204. The Hall–Kier alpha value is -1.26. The van der Waals surface area contributed by atoms with Crippen molar-refractivity contribution in [3.63, 3.8) is 0 Å². The van der Waals surface area contributed by atoms with Crippen molar-refractivity contribution in [3.8, 4) is 0 Å². The molecule has 0 aliphatic heterocycles. The number of carbonyl (C=O) groups excluding carboxylic acids is 1. The minimum Gasteiger partial charge on any atom is -0.409 e. The van der Waals surface area contributed by atoms with E-state index in [1.165, 1.54) is 0 Å². The first-order valence-corrected chi connectivity index (χ1v) is 4.92. The average molecular weight is 201 g/mol. The minimum absolute atomic E-state index is 0.0264. The van der Waals surface area contributed by atoms with Crippen molar-refractivity contribution in [2.75, 3.05) is 6.54 Å². The maximum absolute atomic E-state index is 11.5. The molecule has 0 aromatic carbocycles. The van der Waals surface area contributed by atoms with Gasteiger partial charge in [0, 0.05) is 6.54 Å². The van der Waals surface area contributed by atoms with Crippen molar-refractivity contribution < 1.29 is 10.0 Å². The van der Waals surface area contributed by atoms with Gasteiger partial charge in [-0.15, -0.1) is 0 Å². The molecule has 1 amide bonds. The van der Waals surface area contributed by atoms with Crippen molar-refractivity contribution in [2.45, 2.75) is 33.1 Å². The number of amides is 1. The highest BCUT2D eigenvalue weighted by atomic mass is 16.4. The zero-order valence-electron chi connectivity index (χ0n) is 8.79. The number of amidine groups is 1. The monoisotopic (exact) mass is 201 g/mol. The molecule has 0 aliphatic rings. The predicted molar refractivity (Wildman–Crippen MR) is 55.1 cm³/mol. The van der Waals surface area contributed by atoms with Crippen LogP contribution in [-0.4, -0.2) is 23.5 Å². The first kappa shape index (κ1) is 12.7. The van der Waals surface area contributed by atoms with Crippen LogP contribution in [0.15, 0.2) is 5.16 Å². The zero-order chi connectivity index (χ0) is 11.0. The van der Waals surface area contributed by atoms with Crippen molar-refractivity contribution >= 4 is 11.7 Å². The first-order chi connectivity index (χ1) is 6.67. The second-order valence-corrected chi connectivity index (χ2v) is 3.13.